The number of fused-ring (bicyclic) bond motifs is 1. The van der Waals surface area contributed by atoms with E-state index in [0.29, 0.717) is 5.69 Å². The van der Waals surface area contributed by atoms with Crippen molar-refractivity contribution in [2.24, 2.45) is 0 Å². The van der Waals surface area contributed by atoms with Crippen LogP contribution in [0.1, 0.15) is 21.6 Å². The smallest absolute Gasteiger partial charge is 0.320 e. The SMILES string of the molecule is Cc1ccccc1NC(=O)c1cnc2cc(C(F)(F)F)ccn12. The van der Waals surface area contributed by atoms with Crippen molar-refractivity contribution in [2.75, 3.05) is 5.32 Å². The van der Waals surface area contributed by atoms with Crippen molar-refractivity contribution in [3.63, 3.8) is 0 Å². The largest absolute Gasteiger partial charge is 0.416 e. The van der Waals surface area contributed by atoms with Crippen molar-refractivity contribution in [3.8, 4) is 0 Å². The molecule has 3 aromatic rings. The van der Waals surface area contributed by atoms with E-state index in [1.807, 2.05) is 19.1 Å². The molecule has 0 fully saturated rings. The molecule has 0 aliphatic rings. The van der Waals surface area contributed by atoms with Gasteiger partial charge in [-0.1, -0.05) is 18.2 Å². The molecular formula is C16H12F3N3O. The quantitative estimate of drug-likeness (QED) is 0.778. The highest BCUT2D eigenvalue weighted by atomic mass is 19.4. The Labute approximate surface area is 129 Å². The number of imidazole rings is 1. The summed E-state index contributed by atoms with van der Waals surface area (Å²) in [6.45, 7) is 1.85. The van der Waals surface area contributed by atoms with Crippen LogP contribution in [0.15, 0.2) is 48.8 Å². The molecule has 4 nitrogen and oxygen atoms in total. The summed E-state index contributed by atoms with van der Waals surface area (Å²) in [6.07, 6.45) is -2.00. The fourth-order valence-electron chi connectivity index (χ4n) is 2.22. The number of hydrogen-bond donors (Lipinski definition) is 1. The molecule has 0 radical (unpaired) electrons. The van der Waals surface area contributed by atoms with E-state index in [2.05, 4.69) is 10.3 Å². The zero-order chi connectivity index (χ0) is 16.6. The van der Waals surface area contributed by atoms with Crippen molar-refractivity contribution in [1.82, 2.24) is 9.38 Å². The van der Waals surface area contributed by atoms with E-state index in [9.17, 15) is 18.0 Å². The average Bonchev–Trinajstić information content (AvgIpc) is 2.92. The van der Waals surface area contributed by atoms with Crippen molar-refractivity contribution in [2.45, 2.75) is 13.1 Å². The van der Waals surface area contributed by atoms with E-state index < -0.39 is 17.6 Å². The predicted octanol–water partition coefficient (Wildman–Crippen LogP) is 3.91. The number of carbonyl (C=O) groups is 1. The molecule has 3 rings (SSSR count). The second-order valence-corrected chi connectivity index (χ2v) is 5.05. The normalized spacial score (nSPS) is 11.7. The number of nitrogens with one attached hydrogen (secondary N) is 1. The van der Waals surface area contributed by atoms with Gasteiger partial charge in [-0.25, -0.2) is 4.98 Å². The van der Waals surface area contributed by atoms with Gasteiger partial charge in [0.15, 0.2) is 0 Å². The van der Waals surface area contributed by atoms with Gasteiger partial charge in [0.1, 0.15) is 11.3 Å². The Kier molecular flexibility index (Phi) is 3.55. The molecular weight excluding hydrogens is 307 g/mol. The van der Waals surface area contributed by atoms with Crippen LogP contribution in [0.5, 0.6) is 0 Å². The summed E-state index contributed by atoms with van der Waals surface area (Å²) in [5.41, 5.74) is 0.946. The molecule has 1 amide bonds. The predicted molar refractivity (Wildman–Crippen MR) is 79.3 cm³/mol. The highest BCUT2D eigenvalue weighted by Gasteiger charge is 2.31. The monoisotopic (exact) mass is 319 g/mol. The fourth-order valence-corrected chi connectivity index (χ4v) is 2.22. The molecule has 2 heterocycles. The second kappa shape index (κ2) is 5.42. The molecule has 0 unspecified atom stereocenters. The summed E-state index contributed by atoms with van der Waals surface area (Å²) < 4.78 is 39.4. The van der Waals surface area contributed by atoms with Gasteiger partial charge in [0.2, 0.25) is 0 Å². The molecule has 23 heavy (non-hydrogen) atoms. The minimum absolute atomic E-state index is 0.0646. The van der Waals surface area contributed by atoms with Crippen molar-refractivity contribution in [3.05, 3.63) is 65.6 Å². The molecule has 7 heteroatoms. The van der Waals surface area contributed by atoms with Crippen LogP contribution in [0.4, 0.5) is 18.9 Å². The summed E-state index contributed by atoms with van der Waals surface area (Å²) in [6, 6.07) is 9.05. The Morgan fingerprint density at radius 2 is 1.96 bits per heavy atom. The van der Waals surface area contributed by atoms with Crippen molar-refractivity contribution >= 4 is 17.2 Å². The lowest BCUT2D eigenvalue weighted by Gasteiger charge is -2.09. The number of aromatic nitrogens is 2. The Hall–Kier alpha value is -2.83. The van der Waals surface area contributed by atoms with Crippen LogP contribution in [0, 0.1) is 6.92 Å². The summed E-state index contributed by atoms with van der Waals surface area (Å²) in [5.74, 6) is -0.438. The minimum Gasteiger partial charge on any atom is -0.320 e. The molecule has 0 aliphatic carbocycles. The topological polar surface area (TPSA) is 46.4 Å². The standard InChI is InChI=1S/C16H12F3N3O/c1-10-4-2-3-5-12(10)21-15(23)13-9-20-14-8-11(16(17,18)19)6-7-22(13)14/h2-9H,1H3,(H,21,23). The van der Waals surface area contributed by atoms with E-state index >= 15 is 0 Å². The van der Waals surface area contributed by atoms with Gasteiger partial charge in [0, 0.05) is 11.9 Å². The van der Waals surface area contributed by atoms with Gasteiger partial charge in [-0.15, -0.1) is 0 Å². The number of benzene rings is 1. The number of aryl methyl sites for hydroxylation is 1. The maximum atomic E-state index is 12.7. The molecule has 2 aromatic heterocycles. The van der Waals surface area contributed by atoms with E-state index in [1.165, 1.54) is 16.8 Å². The number of nitrogens with zero attached hydrogens (tertiary/aromatic N) is 2. The number of alkyl halides is 3. The third-order valence-electron chi connectivity index (χ3n) is 3.47. The number of pyridine rings is 1. The van der Waals surface area contributed by atoms with Gasteiger partial charge in [-0.05, 0) is 30.7 Å². The fraction of sp³-hybridized carbons (Fsp3) is 0.125. The Bertz CT molecular complexity index is 884. The summed E-state index contributed by atoms with van der Waals surface area (Å²) in [5, 5.41) is 2.73. The second-order valence-electron chi connectivity index (χ2n) is 5.05. The van der Waals surface area contributed by atoms with Crippen LogP contribution in [-0.2, 0) is 6.18 Å². The minimum atomic E-state index is -4.45. The van der Waals surface area contributed by atoms with Crippen LogP contribution in [0.3, 0.4) is 0 Å². The molecule has 118 valence electrons. The first-order valence-electron chi connectivity index (χ1n) is 6.77. The lowest BCUT2D eigenvalue weighted by atomic mass is 10.2. The first kappa shape index (κ1) is 15.1. The van der Waals surface area contributed by atoms with E-state index in [4.69, 9.17) is 0 Å². The molecule has 0 saturated heterocycles. The summed E-state index contributed by atoms with van der Waals surface area (Å²) in [7, 11) is 0. The summed E-state index contributed by atoms with van der Waals surface area (Å²) >= 11 is 0. The first-order valence-corrected chi connectivity index (χ1v) is 6.77. The molecule has 0 bridgehead atoms. The van der Waals surface area contributed by atoms with Crippen LogP contribution < -0.4 is 5.32 Å². The number of hydrogen-bond acceptors (Lipinski definition) is 2. The number of amides is 1. The maximum Gasteiger partial charge on any atom is 0.416 e. The van der Waals surface area contributed by atoms with Crippen molar-refractivity contribution in [1.29, 1.82) is 0 Å². The van der Waals surface area contributed by atoms with E-state index in [0.717, 1.165) is 17.7 Å². The van der Waals surface area contributed by atoms with Crippen LogP contribution in [-0.4, -0.2) is 15.3 Å². The molecule has 0 saturated carbocycles. The third-order valence-corrected chi connectivity index (χ3v) is 3.47. The maximum absolute atomic E-state index is 12.7. The number of carbonyl (C=O) groups excluding carboxylic acids is 1. The Balaban J connectivity index is 1.94. The number of halogens is 3. The number of rotatable bonds is 2. The van der Waals surface area contributed by atoms with Crippen molar-refractivity contribution < 1.29 is 18.0 Å². The molecule has 0 aliphatic heterocycles. The van der Waals surface area contributed by atoms with Crippen LogP contribution in [0.2, 0.25) is 0 Å². The Morgan fingerprint density at radius 3 is 2.65 bits per heavy atom. The summed E-state index contributed by atoms with van der Waals surface area (Å²) in [4.78, 5) is 16.2. The molecule has 1 N–H and O–H groups in total. The lowest BCUT2D eigenvalue weighted by molar-refractivity contribution is -0.137. The van der Waals surface area contributed by atoms with Gasteiger partial charge in [-0.3, -0.25) is 9.20 Å². The third kappa shape index (κ3) is 2.90. The van der Waals surface area contributed by atoms with Crippen LogP contribution in [0.25, 0.3) is 5.65 Å². The van der Waals surface area contributed by atoms with E-state index in [1.54, 1.807) is 12.1 Å². The van der Waals surface area contributed by atoms with Crippen LogP contribution >= 0.6 is 0 Å². The van der Waals surface area contributed by atoms with Gasteiger partial charge in [0.25, 0.3) is 5.91 Å². The molecule has 0 atom stereocenters. The van der Waals surface area contributed by atoms with Gasteiger partial charge in [0.05, 0.1) is 11.8 Å². The zero-order valence-electron chi connectivity index (χ0n) is 12.1. The lowest BCUT2D eigenvalue weighted by Crippen LogP contribution is -2.15. The first-order chi connectivity index (χ1) is 10.9. The number of anilines is 1. The average molecular weight is 319 g/mol. The van der Waals surface area contributed by atoms with E-state index in [-0.39, 0.29) is 11.3 Å². The Morgan fingerprint density at radius 1 is 1.22 bits per heavy atom. The molecule has 1 aromatic carbocycles. The molecule has 0 spiro atoms. The van der Waals surface area contributed by atoms with Gasteiger partial charge >= 0.3 is 6.18 Å². The highest BCUT2D eigenvalue weighted by molar-refractivity contribution is 6.03. The van der Waals surface area contributed by atoms with Gasteiger partial charge < -0.3 is 5.32 Å². The highest BCUT2D eigenvalue weighted by Crippen LogP contribution is 2.29. The number of para-hydroxylation sites is 1. The zero-order valence-corrected chi connectivity index (χ0v) is 12.1. The van der Waals surface area contributed by atoms with Gasteiger partial charge in [-0.2, -0.15) is 13.2 Å².